The van der Waals surface area contributed by atoms with Crippen molar-refractivity contribution in [2.24, 2.45) is 5.92 Å². The number of thioether (sulfide) groups is 1. The van der Waals surface area contributed by atoms with E-state index in [1.807, 2.05) is 31.7 Å². The van der Waals surface area contributed by atoms with Crippen molar-refractivity contribution in [3.63, 3.8) is 0 Å². The molecule has 0 N–H and O–H groups in total. The van der Waals surface area contributed by atoms with Crippen molar-refractivity contribution in [1.82, 2.24) is 0 Å². The Hall–Kier alpha value is -0.440. The van der Waals surface area contributed by atoms with Gasteiger partial charge >= 0.3 is 5.97 Å². The topological polar surface area (TPSA) is 26.3 Å². The molecule has 0 aromatic carbocycles. The van der Waals surface area contributed by atoms with Gasteiger partial charge in [-0.3, -0.25) is 0 Å². The average molecular weight is 214 g/mol. The minimum absolute atomic E-state index is 0.0194. The van der Waals surface area contributed by atoms with E-state index >= 15 is 0 Å². The van der Waals surface area contributed by atoms with Crippen LogP contribution in [0.3, 0.4) is 0 Å². The summed E-state index contributed by atoms with van der Waals surface area (Å²) in [5, 5.41) is 0. The molecule has 0 saturated carbocycles. The zero-order valence-corrected chi connectivity index (χ0v) is 9.68. The van der Waals surface area contributed by atoms with Crippen LogP contribution in [-0.4, -0.2) is 23.6 Å². The Bertz CT molecular complexity index is 205. The molecule has 1 rings (SSSR count). The number of allylic oxidation sites excluding steroid dienone is 1. The van der Waals surface area contributed by atoms with Crippen molar-refractivity contribution >= 4 is 17.7 Å². The van der Waals surface area contributed by atoms with E-state index in [0.29, 0.717) is 5.92 Å². The third-order valence-electron chi connectivity index (χ3n) is 2.12. The van der Waals surface area contributed by atoms with Crippen LogP contribution in [0.5, 0.6) is 0 Å². The molecular weight excluding hydrogens is 196 g/mol. The first kappa shape index (κ1) is 11.6. The maximum Gasteiger partial charge on any atom is 0.330 e. The second-order valence-electron chi connectivity index (χ2n) is 3.79. The van der Waals surface area contributed by atoms with Crippen molar-refractivity contribution < 1.29 is 9.53 Å². The van der Waals surface area contributed by atoms with E-state index in [9.17, 15) is 4.79 Å². The molecule has 0 spiro atoms. The molecule has 0 aliphatic carbocycles. The van der Waals surface area contributed by atoms with E-state index in [4.69, 9.17) is 4.74 Å². The Kier molecular flexibility index (Phi) is 5.09. The molecule has 0 atom stereocenters. The van der Waals surface area contributed by atoms with Gasteiger partial charge in [-0.05, 0) is 44.1 Å². The van der Waals surface area contributed by atoms with Crippen LogP contribution in [-0.2, 0) is 9.53 Å². The van der Waals surface area contributed by atoms with Gasteiger partial charge in [0.1, 0.15) is 0 Å². The van der Waals surface area contributed by atoms with Gasteiger partial charge in [-0.25, -0.2) is 4.79 Å². The van der Waals surface area contributed by atoms with Gasteiger partial charge in [-0.1, -0.05) is 6.08 Å². The lowest BCUT2D eigenvalue weighted by molar-refractivity contribution is -0.141. The molecule has 0 aromatic heterocycles. The van der Waals surface area contributed by atoms with E-state index in [1.165, 1.54) is 24.3 Å². The molecule has 3 heteroatoms. The first-order valence-electron chi connectivity index (χ1n) is 5.15. The minimum atomic E-state index is -0.210. The summed E-state index contributed by atoms with van der Waals surface area (Å²) in [4.78, 5) is 11.2. The molecule has 0 radical (unpaired) electrons. The van der Waals surface area contributed by atoms with Crippen LogP contribution in [0, 0.1) is 5.92 Å². The number of rotatable bonds is 3. The lowest BCUT2D eigenvalue weighted by Gasteiger charge is -2.17. The van der Waals surface area contributed by atoms with Crippen molar-refractivity contribution in [3.05, 3.63) is 12.2 Å². The molecule has 80 valence electrons. The molecule has 1 saturated heterocycles. The lowest BCUT2D eigenvalue weighted by Crippen LogP contribution is -2.10. The summed E-state index contributed by atoms with van der Waals surface area (Å²) in [6, 6.07) is 0. The van der Waals surface area contributed by atoms with Crippen molar-refractivity contribution in [2.75, 3.05) is 11.5 Å². The lowest BCUT2D eigenvalue weighted by atomic mass is 10.0. The number of hydrogen-bond donors (Lipinski definition) is 0. The fraction of sp³-hybridized carbons (Fsp3) is 0.727. The Balaban J connectivity index is 2.27. The zero-order chi connectivity index (χ0) is 10.4. The summed E-state index contributed by atoms with van der Waals surface area (Å²) in [7, 11) is 0. The first-order valence-corrected chi connectivity index (χ1v) is 6.30. The standard InChI is InChI=1S/C11H18O2S/c1-9(2)13-11(12)4-3-10-5-7-14-8-6-10/h3-4,9-10H,5-8H2,1-2H3. The molecule has 0 amide bonds. The fourth-order valence-corrected chi connectivity index (χ4v) is 2.54. The molecule has 2 nitrogen and oxygen atoms in total. The highest BCUT2D eigenvalue weighted by Crippen LogP contribution is 2.23. The summed E-state index contributed by atoms with van der Waals surface area (Å²) in [5.41, 5.74) is 0. The maximum atomic E-state index is 11.2. The number of esters is 1. The third-order valence-corrected chi connectivity index (χ3v) is 3.17. The van der Waals surface area contributed by atoms with E-state index < -0.39 is 0 Å². The quantitative estimate of drug-likeness (QED) is 0.533. The molecule has 0 aromatic rings. The van der Waals surface area contributed by atoms with Gasteiger partial charge in [0.25, 0.3) is 0 Å². The van der Waals surface area contributed by atoms with Gasteiger partial charge in [0, 0.05) is 6.08 Å². The minimum Gasteiger partial charge on any atom is -0.460 e. The number of ether oxygens (including phenoxy) is 1. The van der Waals surface area contributed by atoms with Gasteiger partial charge in [0.2, 0.25) is 0 Å². The van der Waals surface area contributed by atoms with Crippen LogP contribution in [0.4, 0.5) is 0 Å². The molecular formula is C11H18O2S. The van der Waals surface area contributed by atoms with Gasteiger partial charge in [0.15, 0.2) is 0 Å². The smallest absolute Gasteiger partial charge is 0.330 e. The fourth-order valence-electron chi connectivity index (χ4n) is 1.39. The number of hydrogen-bond acceptors (Lipinski definition) is 3. The van der Waals surface area contributed by atoms with Gasteiger partial charge in [0.05, 0.1) is 6.10 Å². The summed E-state index contributed by atoms with van der Waals surface area (Å²) in [6.45, 7) is 3.73. The van der Waals surface area contributed by atoms with E-state index in [2.05, 4.69) is 0 Å². The molecule has 0 unspecified atom stereocenters. The molecule has 1 aliphatic heterocycles. The molecule has 1 aliphatic rings. The number of carbonyl (C=O) groups excluding carboxylic acids is 1. The number of carbonyl (C=O) groups is 1. The van der Waals surface area contributed by atoms with Gasteiger partial charge < -0.3 is 4.74 Å². The SMILES string of the molecule is CC(C)OC(=O)C=CC1CCSCC1. The Morgan fingerprint density at radius 3 is 2.64 bits per heavy atom. The van der Waals surface area contributed by atoms with E-state index in [-0.39, 0.29) is 12.1 Å². The van der Waals surface area contributed by atoms with Crippen LogP contribution < -0.4 is 0 Å². The van der Waals surface area contributed by atoms with Crippen LogP contribution in [0.15, 0.2) is 12.2 Å². The summed E-state index contributed by atoms with van der Waals surface area (Å²) in [5.74, 6) is 2.80. The normalized spacial score (nSPS) is 19.1. The molecule has 1 heterocycles. The summed E-state index contributed by atoms with van der Waals surface area (Å²) in [6.07, 6.45) is 5.95. The highest BCUT2D eigenvalue weighted by Gasteiger charge is 2.11. The van der Waals surface area contributed by atoms with Crippen molar-refractivity contribution in [3.8, 4) is 0 Å². The van der Waals surface area contributed by atoms with E-state index in [1.54, 1.807) is 6.08 Å². The van der Waals surface area contributed by atoms with Gasteiger partial charge in [-0.15, -0.1) is 0 Å². The van der Waals surface area contributed by atoms with Crippen molar-refractivity contribution in [1.29, 1.82) is 0 Å². The maximum absolute atomic E-state index is 11.2. The van der Waals surface area contributed by atoms with Crippen LogP contribution in [0.25, 0.3) is 0 Å². The highest BCUT2D eigenvalue weighted by molar-refractivity contribution is 7.99. The largest absolute Gasteiger partial charge is 0.460 e. The van der Waals surface area contributed by atoms with Gasteiger partial charge in [-0.2, -0.15) is 11.8 Å². The Labute approximate surface area is 90.1 Å². The van der Waals surface area contributed by atoms with Crippen LogP contribution in [0.1, 0.15) is 26.7 Å². The second-order valence-corrected chi connectivity index (χ2v) is 5.02. The van der Waals surface area contributed by atoms with Crippen LogP contribution >= 0.6 is 11.8 Å². The average Bonchev–Trinajstić information content (AvgIpc) is 2.15. The Morgan fingerprint density at radius 1 is 1.43 bits per heavy atom. The molecule has 14 heavy (non-hydrogen) atoms. The van der Waals surface area contributed by atoms with Crippen LogP contribution in [0.2, 0.25) is 0 Å². The molecule has 0 bridgehead atoms. The van der Waals surface area contributed by atoms with E-state index in [0.717, 1.165) is 0 Å². The monoisotopic (exact) mass is 214 g/mol. The summed E-state index contributed by atoms with van der Waals surface area (Å²) < 4.78 is 5.01. The third kappa shape index (κ3) is 4.70. The second kappa shape index (κ2) is 6.12. The summed E-state index contributed by atoms with van der Waals surface area (Å²) >= 11 is 1.99. The highest BCUT2D eigenvalue weighted by atomic mass is 32.2. The predicted molar refractivity (Wildman–Crippen MR) is 60.4 cm³/mol. The molecule has 1 fully saturated rings. The zero-order valence-electron chi connectivity index (χ0n) is 8.86. The Morgan fingerprint density at radius 2 is 2.07 bits per heavy atom. The first-order chi connectivity index (χ1) is 6.68. The van der Waals surface area contributed by atoms with Crippen molar-refractivity contribution in [2.45, 2.75) is 32.8 Å². The predicted octanol–water partition coefficient (Wildman–Crippen LogP) is 2.64.